The van der Waals surface area contributed by atoms with E-state index in [0.717, 1.165) is 29.8 Å². The van der Waals surface area contributed by atoms with Gasteiger partial charge in [0.1, 0.15) is 17.7 Å². The van der Waals surface area contributed by atoms with Crippen LogP contribution in [0.5, 0.6) is 5.88 Å². The first-order valence-corrected chi connectivity index (χ1v) is 10.2. The minimum atomic E-state index is -0.331. The summed E-state index contributed by atoms with van der Waals surface area (Å²) in [5.74, 6) is 0.923. The molecule has 10 heteroatoms. The number of hydrogen-bond donors (Lipinski definition) is 1. The summed E-state index contributed by atoms with van der Waals surface area (Å²) in [6.07, 6.45) is 7.28. The zero-order chi connectivity index (χ0) is 20.5. The molecule has 0 atom stereocenters. The Morgan fingerprint density at radius 1 is 1.23 bits per heavy atom. The number of carbonyl (C=O) groups excluding carboxylic acids is 1. The Morgan fingerprint density at radius 3 is 2.90 bits per heavy atom. The quantitative estimate of drug-likeness (QED) is 0.510. The summed E-state index contributed by atoms with van der Waals surface area (Å²) in [5.41, 5.74) is 2.69. The molecule has 0 spiro atoms. The van der Waals surface area contributed by atoms with Crippen LogP contribution in [-0.4, -0.2) is 42.7 Å². The maximum Gasteiger partial charge on any atom is 0.276 e. The summed E-state index contributed by atoms with van der Waals surface area (Å²) in [7, 11) is 1.57. The number of nitrogens with one attached hydrogen (secondary N) is 1. The van der Waals surface area contributed by atoms with E-state index in [-0.39, 0.29) is 5.91 Å². The van der Waals surface area contributed by atoms with Gasteiger partial charge in [-0.1, -0.05) is 0 Å². The third kappa shape index (κ3) is 3.64. The third-order valence-electron chi connectivity index (χ3n) is 4.74. The van der Waals surface area contributed by atoms with Gasteiger partial charge >= 0.3 is 0 Å². The third-order valence-corrected chi connectivity index (χ3v) is 5.50. The molecule has 1 N–H and O–H groups in total. The molecule has 4 aromatic rings. The average molecular weight is 419 g/mol. The highest BCUT2D eigenvalue weighted by atomic mass is 32.1. The zero-order valence-electron chi connectivity index (χ0n) is 16.0. The molecule has 9 nitrogen and oxygen atoms in total. The molecule has 150 valence electrons. The molecule has 0 aromatic carbocycles. The molecule has 0 aliphatic heterocycles. The molecule has 1 fully saturated rings. The number of anilines is 1. The van der Waals surface area contributed by atoms with Crippen LogP contribution in [0, 0.1) is 0 Å². The smallest absolute Gasteiger partial charge is 0.276 e. The number of ether oxygens (including phenoxy) is 1. The van der Waals surface area contributed by atoms with Crippen LogP contribution < -0.4 is 10.1 Å². The lowest BCUT2D eigenvalue weighted by Crippen LogP contribution is -2.13. The number of hydrogen-bond acceptors (Lipinski definition) is 8. The minimum Gasteiger partial charge on any atom is -0.481 e. The molecule has 0 unspecified atom stereocenters. The average Bonchev–Trinajstić information content (AvgIpc) is 3.33. The number of rotatable bonds is 6. The van der Waals surface area contributed by atoms with Gasteiger partial charge in [0.05, 0.1) is 7.11 Å². The topological polar surface area (TPSA) is 108 Å². The Labute approximate surface area is 175 Å². The molecule has 0 radical (unpaired) electrons. The number of nitrogens with zero attached hydrogens (tertiary/aromatic N) is 6. The monoisotopic (exact) mass is 419 g/mol. The second-order valence-corrected chi connectivity index (χ2v) is 7.66. The molecule has 1 amide bonds. The van der Waals surface area contributed by atoms with Crippen LogP contribution in [0.3, 0.4) is 0 Å². The highest BCUT2D eigenvalue weighted by molar-refractivity contribution is 7.14. The van der Waals surface area contributed by atoms with Gasteiger partial charge in [-0.25, -0.2) is 9.97 Å². The molecule has 1 saturated carbocycles. The van der Waals surface area contributed by atoms with Crippen molar-refractivity contribution in [2.24, 2.45) is 0 Å². The number of amides is 1. The molecule has 1 aliphatic carbocycles. The van der Waals surface area contributed by atoms with E-state index in [1.54, 1.807) is 38.0 Å². The molecule has 0 bridgehead atoms. The van der Waals surface area contributed by atoms with Gasteiger partial charge < -0.3 is 9.30 Å². The van der Waals surface area contributed by atoms with Crippen molar-refractivity contribution in [1.82, 2.24) is 29.7 Å². The first-order valence-electron chi connectivity index (χ1n) is 9.34. The number of thiazole rings is 1. The molecule has 0 saturated heterocycles. The summed E-state index contributed by atoms with van der Waals surface area (Å²) < 4.78 is 7.12. The summed E-state index contributed by atoms with van der Waals surface area (Å²) >= 11 is 1.34. The van der Waals surface area contributed by atoms with Crippen LogP contribution in [0.15, 0.2) is 48.4 Å². The van der Waals surface area contributed by atoms with Gasteiger partial charge in [-0.2, -0.15) is 0 Å². The SMILES string of the molecule is COc1ccc(-c2ccnc(C(=O)Nc3nc(-c4nncn4C4CC4)cs3)c2)cn1. The predicted octanol–water partition coefficient (Wildman–Crippen LogP) is 3.45. The molecule has 30 heavy (non-hydrogen) atoms. The van der Waals surface area contributed by atoms with Crippen LogP contribution >= 0.6 is 11.3 Å². The molecule has 5 rings (SSSR count). The molecule has 1 aliphatic rings. The van der Waals surface area contributed by atoms with Crippen molar-refractivity contribution >= 4 is 22.4 Å². The van der Waals surface area contributed by atoms with Gasteiger partial charge in [0.2, 0.25) is 5.88 Å². The first kappa shape index (κ1) is 18.4. The van der Waals surface area contributed by atoms with Crippen molar-refractivity contribution in [3.05, 3.63) is 54.1 Å². The van der Waals surface area contributed by atoms with E-state index < -0.39 is 0 Å². The molecular formula is C20H17N7O2S. The second kappa shape index (κ2) is 7.64. The van der Waals surface area contributed by atoms with Crippen molar-refractivity contribution in [3.8, 4) is 28.5 Å². The maximum atomic E-state index is 12.7. The molecule has 4 heterocycles. The highest BCUT2D eigenvalue weighted by Crippen LogP contribution is 2.37. The van der Waals surface area contributed by atoms with E-state index >= 15 is 0 Å². The van der Waals surface area contributed by atoms with Crippen molar-refractivity contribution in [2.45, 2.75) is 18.9 Å². The number of pyridine rings is 2. The van der Waals surface area contributed by atoms with Gasteiger partial charge in [0.25, 0.3) is 5.91 Å². The lowest BCUT2D eigenvalue weighted by Gasteiger charge is -2.05. The van der Waals surface area contributed by atoms with Gasteiger partial charge in [-0.05, 0) is 36.6 Å². The lowest BCUT2D eigenvalue weighted by atomic mass is 10.1. The van der Waals surface area contributed by atoms with E-state index in [0.29, 0.717) is 28.4 Å². The maximum absolute atomic E-state index is 12.7. The van der Waals surface area contributed by atoms with Crippen molar-refractivity contribution in [2.75, 3.05) is 12.4 Å². The van der Waals surface area contributed by atoms with Gasteiger partial charge in [0, 0.05) is 35.4 Å². The number of carbonyl (C=O) groups is 1. The molecular weight excluding hydrogens is 402 g/mol. The van der Waals surface area contributed by atoms with Crippen LogP contribution in [0.25, 0.3) is 22.6 Å². The fourth-order valence-electron chi connectivity index (χ4n) is 3.05. The summed E-state index contributed by atoms with van der Waals surface area (Å²) in [6, 6.07) is 7.65. The van der Waals surface area contributed by atoms with Gasteiger partial charge in [0.15, 0.2) is 11.0 Å². The first-order chi connectivity index (χ1) is 14.7. The second-order valence-electron chi connectivity index (χ2n) is 6.80. The normalized spacial score (nSPS) is 13.2. The van der Waals surface area contributed by atoms with E-state index in [2.05, 4.69) is 30.5 Å². The Hall–Kier alpha value is -3.66. The van der Waals surface area contributed by atoms with Crippen molar-refractivity contribution in [3.63, 3.8) is 0 Å². The van der Waals surface area contributed by atoms with Crippen molar-refractivity contribution < 1.29 is 9.53 Å². The Kier molecular flexibility index (Phi) is 4.68. The Morgan fingerprint density at radius 2 is 2.13 bits per heavy atom. The van der Waals surface area contributed by atoms with E-state index in [4.69, 9.17) is 4.74 Å². The Balaban J connectivity index is 1.33. The fourth-order valence-corrected chi connectivity index (χ4v) is 3.73. The van der Waals surface area contributed by atoms with Gasteiger partial charge in [-0.3, -0.25) is 15.1 Å². The van der Waals surface area contributed by atoms with Crippen molar-refractivity contribution in [1.29, 1.82) is 0 Å². The standard InChI is InChI=1S/C20H17N7O2S/c1-29-17-5-2-13(9-22-17)12-6-7-21-15(8-12)19(28)25-20-24-16(10-30-20)18-26-23-11-27(18)14-3-4-14/h2,5-11,14H,3-4H2,1H3,(H,24,25,28). The van der Waals surface area contributed by atoms with Crippen LogP contribution in [0.1, 0.15) is 29.4 Å². The Bertz CT molecular complexity index is 1200. The van der Waals surface area contributed by atoms with Gasteiger partial charge in [-0.15, -0.1) is 21.5 Å². The number of aromatic nitrogens is 6. The number of methoxy groups -OCH3 is 1. The van der Waals surface area contributed by atoms with E-state index in [1.165, 1.54) is 11.3 Å². The van der Waals surface area contributed by atoms with E-state index in [1.807, 2.05) is 22.1 Å². The molecule has 4 aromatic heterocycles. The summed E-state index contributed by atoms with van der Waals surface area (Å²) in [4.78, 5) is 25.6. The van der Waals surface area contributed by atoms with Crippen LogP contribution in [0.2, 0.25) is 0 Å². The lowest BCUT2D eigenvalue weighted by molar-refractivity contribution is 0.102. The summed E-state index contributed by atoms with van der Waals surface area (Å²) in [6.45, 7) is 0. The van der Waals surface area contributed by atoms with Crippen LogP contribution in [0.4, 0.5) is 5.13 Å². The van der Waals surface area contributed by atoms with E-state index in [9.17, 15) is 4.79 Å². The zero-order valence-corrected chi connectivity index (χ0v) is 16.8. The fraction of sp³-hybridized carbons (Fsp3) is 0.200. The highest BCUT2D eigenvalue weighted by Gasteiger charge is 2.27. The minimum absolute atomic E-state index is 0.293. The van der Waals surface area contributed by atoms with Crippen LogP contribution in [-0.2, 0) is 0 Å². The summed E-state index contributed by atoms with van der Waals surface area (Å²) in [5, 5.41) is 13.3. The predicted molar refractivity (Wildman–Crippen MR) is 111 cm³/mol. The largest absolute Gasteiger partial charge is 0.481 e.